The van der Waals surface area contributed by atoms with Crippen LogP contribution in [0.25, 0.3) is 0 Å². The monoisotopic (exact) mass is 264 g/mol. The molecule has 0 aliphatic carbocycles. The van der Waals surface area contributed by atoms with E-state index < -0.39 is 17.9 Å². The predicted molar refractivity (Wildman–Crippen MR) is 68.9 cm³/mol. The Balaban J connectivity index is 2.69. The standard InChI is InChI=1S/C13H16N2O4/c1-3-7-19-8-10(13(17)18)15-12(16)11-9(2)5-4-6-14-11/h3-6,10H,1,7-8H2,2H3,(H,15,16)(H,17,18). The van der Waals surface area contributed by atoms with Crippen LogP contribution in [0.15, 0.2) is 31.0 Å². The normalized spacial score (nSPS) is 11.6. The van der Waals surface area contributed by atoms with Crippen molar-refractivity contribution in [3.8, 4) is 0 Å². The first-order valence-corrected chi connectivity index (χ1v) is 5.70. The first kappa shape index (κ1) is 14.8. The van der Waals surface area contributed by atoms with Crippen molar-refractivity contribution in [2.75, 3.05) is 13.2 Å². The van der Waals surface area contributed by atoms with E-state index >= 15 is 0 Å². The summed E-state index contributed by atoms with van der Waals surface area (Å²) < 4.78 is 5.04. The fourth-order valence-corrected chi connectivity index (χ4v) is 1.39. The Morgan fingerprint density at radius 1 is 1.63 bits per heavy atom. The summed E-state index contributed by atoms with van der Waals surface area (Å²) in [5.74, 6) is -1.70. The lowest BCUT2D eigenvalue weighted by molar-refractivity contribution is -0.140. The average Bonchev–Trinajstić information content (AvgIpc) is 2.38. The van der Waals surface area contributed by atoms with Gasteiger partial charge in [0.15, 0.2) is 6.04 Å². The Kier molecular flexibility index (Phi) is 5.69. The first-order valence-electron chi connectivity index (χ1n) is 5.70. The second-order valence-electron chi connectivity index (χ2n) is 3.86. The van der Waals surface area contributed by atoms with Crippen LogP contribution in [0.3, 0.4) is 0 Å². The summed E-state index contributed by atoms with van der Waals surface area (Å²) in [6, 6.07) is 2.31. The van der Waals surface area contributed by atoms with Crippen molar-refractivity contribution in [2.45, 2.75) is 13.0 Å². The highest BCUT2D eigenvalue weighted by Crippen LogP contribution is 2.03. The maximum absolute atomic E-state index is 11.9. The lowest BCUT2D eigenvalue weighted by Crippen LogP contribution is -2.44. The fraction of sp³-hybridized carbons (Fsp3) is 0.308. The minimum Gasteiger partial charge on any atom is -0.480 e. The molecule has 1 aromatic rings. The molecule has 6 heteroatoms. The quantitative estimate of drug-likeness (QED) is 0.561. The van der Waals surface area contributed by atoms with Crippen LogP contribution >= 0.6 is 0 Å². The highest BCUT2D eigenvalue weighted by molar-refractivity contribution is 5.96. The molecule has 102 valence electrons. The van der Waals surface area contributed by atoms with Gasteiger partial charge in [-0.3, -0.25) is 9.78 Å². The van der Waals surface area contributed by atoms with Gasteiger partial charge in [-0.2, -0.15) is 0 Å². The molecule has 1 rings (SSSR count). The number of aromatic nitrogens is 1. The Hall–Kier alpha value is -2.21. The molecule has 1 heterocycles. The van der Waals surface area contributed by atoms with Crippen LogP contribution in [-0.4, -0.2) is 41.2 Å². The molecule has 1 unspecified atom stereocenters. The molecule has 0 aliphatic rings. The summed E-state index contributed by atoms with van der Waals surface area (Å²) in [4.78, 5) is 26.8. The van der Waals surface area contributed by atoms with E-state index in [1.54, 1.807) is 19.1 Å². The number of carboxylic acid groups (broad SMARTS) is 1. The molecule has 0 spiro atoms. The zero-order valence-electron chi connectivity index (χ0n) is 10.6. The summed E-state index contributed by atoms with van der Waals surface area (Å²) in [6.45, 7) is 5.28. The molecule has 0 aliphatic heterocycles. The lowest BCUT2D eigenvalue weighted by atomic mass is 10.2. The molecular formula is C13H16N2O4. The van der Waals surface area contributed by atoms with E-state index in [0.29, 0.717) is 5.56 Å². The summed E-state index contributed by atoms with van der Waals surface area (Å²) in [5, 5.41) is 11.4. The molecule has 0 saturated carbocycles. The van der Waals surface area contributed by atoms with Gasteiger partial charge in [0.05, 0.1) is 13.2 Å². The summed E-state index contributed by atoms with van der Waals surface area (Å²) in [7, 11) is 0. The SMILES string of the molecule is C=CCOCC(NC(=O)c1ncccc1C)C(=O)O. The molecule has 1 amide bonds. The molecule has 6 nitrogen and oxygen atoms in total. The first-order chi connectivity index (χ1) is 9.06. The number of hydrogen-bond donors (Lipinski definition) is 2. The van der Waals surface area contributed by atoms with Crippen molar-refractivity contribution in [3.63, 3.8) is 0 Å². The number of carbonyl (C=O) groups is 2. The van der Waals surface area contributed by atoms with E-state index in [0.717, 1.165) is 0 Å². The molecule has 1 atom stereocenters. The number of carbonyl (C=O) groups excluding carboxylic acids is 1. The number of ether oxygens (including phenoxy) is 1. The Morgan fingerprint density at radius 3 is 2.95 bits per heavy atom. The van der Waals surface area contributed by atoms with Crippen molar-refractivity contribution < 1.29 is 19.4 Å². The highest BCUT2D eigenvalue weighted by atomic mass is 16.5. The van der Waals surface area contributed by atoms with Gasteiger partial charge in [-0.15, -0.1) is 6.58 Å². The summed E-state index contributed by atoms with van der Waals surface area (Å²) in [5.41, 5.74) is 0.883. The number of amides is 1. The van der Waals surface area contributed by atoms with Crippen LogP contribution in [-0.2, 0) is 9.53 Å². The van der Waals surface area contributed by atoms with Crippen LogP contribution in [0.2, 0.25) is 0 Å². The number of pyridine rings is 1. The molecule has 0 fully saturated rings. The van der Waals surface area contributed by atoms with Gasteiger partial charge in [0.25, 0.3) is 5.91 Å². The minimum absolute atomic E-state index is 0.126. The Morgan fingerprint density at radius 2 is 2.37 bits per heavy atom. The van der Waals surface area contributed by atoms with Crippen LogP contribution in [0.1, 0.15) is 16.1 Å². The van der Waals surface area contributed by atoms with Crippen LogP contribution in [0.4, 0.5) is 0 Å². The topological polar surface area (TPSA) is 88.5 Å². The zero-order valence-corrected chi connectivity index (χ0v) is 10.6. The molecule has 2 N–H and O–H groups in total. The van der Waals surface area contributed by atoms with Crippen molar-refractivity contribution in [3.05, 3.63) is 42.2 Å². The van der Waals surface area contributed by atoms with Gasteiger partial charge in [-0.1, -0.05) is 12.1 Å². The molecular weight excluding hydrogens is 248 g/mol. The maximum atomic E-state index is 11.9. The van der Waals surface area contributed by atoms with Gasteiger partial charge in [0, 0.05) is 6.20 Å². The van der Waals surface area contributed by atoms with Crippen molar-refractivity contribution in [2.24, 2.45) is 0 Å². The number of carboxylic acids is 1. The molecule has 0 radical (unpaired) electrons. The van der Waals surface area contributed by atoms with Crippen molar-refractivity contribution in [1.82, 2.24) is 10.3 Å². The second kappa shape index (κ2) is 7.27. The largest absolute Gasteiger partial charge is 0.480 e. The van der Waals surface area contributed by atoms with E-state index in [2.05, 4.69) is 16.9 Å². The number of rotatable bonds is 7. The second-order valence-corrected chi connectivity index (χ2v) is 3.86. The third-order valence-electron chi connectivity index (χ3n) is 2.35. The highest BCUT2D eigenvalue weighted by Gasteiger charge is 2.22. The fourth-order valence-electron chi connectivity index (χ4n) is 1.39. The molecule has 19 heavy (non-hydrogen) atoms. The van der Waals surface area contributed by atoms with E-state index in [4.69, 9.17) is 9.84 Å². The van der Waals surface area contributed by atoms with Crippen LogP contribution < -0.4 is 5.32 Å². The smallest absolute Gasteiger partial charge is 0.328 e. The van der Waals surface area contributed by atoms with Gasteiger partial charge in [0.2, 0.25) is 0 Å². The van der Waals surface area contributed by atoms with Gasteiger partial charge in [-0.25, -0.2) is 4.79 Å². The molecule has 0 bridgehead atoms. The number of aryl methyl sites for hydroxylation is 1. The number of hydrogen-bond acceptors (Lipinski definition) is 4. The van der Waals surface area contributed by atoms with Gasteiger partial charge < -0.3 is 15.2 Å². The van der Waals surface area contributed by atoms with E-state index in [-0.39, 0.29) is 18.9 Å². The van der Waals surface area contributed by atoms with E-state index in [1.165, 1.54) is 12.3 Å². The van der Waals surface area contributed by atoms with Crippen LogP contribution in [0, 0.1) is 6.92 Å². The number of nitrogens with zero attached hydrogens (tertiary/aromatic N) is 1. The van der Waals surface area contributed by atoms with E-state index in [1.807, 2.05) is 0 Å². The molecule has 0 saturated heterocycles. The third-order valence-corrected chi connectivity index (χ3v) is 2.35. The third kappa shape index (κ3) is 4.51. The van der Waals surface area contributed by atoms with E-state index in [9.17, 15) is 9.59 Å². The lowest BCUT2D eigenvalue weighted by Gasteiger charge is -2.14. The number of aliphatic carboxylic acids is 1. The number of nitrogens with one attached hydrogen (secondary N) is 1. The predicted octanol–water partition coefficient (Wildman–Crippen LogP) is 0.776. The minimum atomic E-state index is -1.16. The zero-order chi connectivity index (χ0) is 14.3. The van der Waals surface area contributed by atoms with Crippen molar-refractivity contribution >= 4 is 11.9 Å². The van der Waals surface area contributed by atoms with Gasteiger partial charge >= 0.3 is 5.97 Å². The Bertz CT molecular complexity index is 473. The van der Waals surface area contributed by atoms with Gasteiger partial charge in [0.1, 0.15) is 5.69 Å². The molecule has 0 aromatic carbocycles. The summed E-state index contributed by atoms with van der Waals surface area (Å²) >= 11 is 0. The Labute approximate surface area is 111 Å². The van der Waals surface area contributed by atoms with Gasteiger partial charge in [-0.05, 0) is 18.6 Å². The maximum Gasteiger partial charge on any atom is 0.328 e. The van der Waals surface area contributed by atoms with Crippen LogP contribution in [0.5, 0.6) is 0 Å². The van der Waals surface area contributed by atoms with Crippen molar-refractivity contribution in [1.29, 1.82) is 0 Å². The molecule has 1 aromatic heterocycles. The summed E-state index contributed by atoms with van der Waals surface area (Å²) in [6.07, 6.45) is 2.98. The average molecular weight is 264 g/mol.